The van der Waals surface area contributed by atoms with Gasteiger partial charge in [0, 0.05) is 30.9 Å². The number of phenolic OH excluding ortho intramolecular Hbond substituents is 1. The van der Waals surface area contributed by atoms with E-state index in [1.165, 1.54) is 16.7 Å². The maximum atomic E-state index is 15.0. The van der Waals surface area contributed by atoms with Crippen molar-refractivity contribution < 1.29 is 19.0 Å². The van der Waals surface area contributed by atoms with E-state index in [4.69, 9.17) is 9.47 Å². The van der Waals surface area contributed by atoms with Gasteiger partial charge in [-0.25, -0.2) is 4.39 Å². The van der Waals surface area contributed by atoms with Crippen molar-refractivity contribution in [3.8, 4) is 17.2 Å². The van der Waals surface area contributed by atoms with E-state index in [-0.39, 0.29) is 11.9 Å². The number of halogens is 1. The number of aryl methyl sites for hydroxylation is 1. The number of hydrogen-bond donors (Lipinski definition) is 1. The first-order valence-electron chi connectivity index (χ1n) is 14.1. The molecule has 0 amide bonds. The molecule has 0 aliphatic heterocycles. The summed E-state index contributed by atoms with van der Waals surface area (Å²) in [6, 6.07) is 17.6. The minimum atomic E-state index is -0.327. The molecule has 0 saturated heterocycles. The number of fused-ring (bicyclic) bond motifs is 1. The van der Waals surface area contributed by atoms with Crippen LogP contribution < -0.4 is 14.4 Å². The highest BCUT2D eigenvalue weighted by molar-refractivity contribution is 5.60. The smallest absolute Gasteiger partial charge is 0.165 e. The third-order valence-corrected chi connectivity index (χ3v) is 7.71. The maximum absolute atomic E-state index is 15.0. The Bertz CT molecular complexity index is 1250. The zero-order chi connectivity index (χ0) is 27.9. The Labute approximate surface area is 233 Å². The van der Waals surface area contributed by atoms with Gasteiger partial charge in [-0.3, -0.25) is 0 Å². The van der Waals surface area contributed by atoms with E-state index in [1.54, 1.807) is 25.3 Å². The quantitative estimate of drug-likeness (QED) is 0.272. The average molecular weight is 535 g/mol. The van der Waals surface area contributed by atoms with E-state index >= 15 is 4.39 Å². The number of methoxy groups -OCH3 is 1. The fourth-order valence-corrected chi connectivity index (χ4v) is 5.56. The van der Waals surface area contributed by atoms with Gasteiger partial charge in [0.2, 0.25) is 0 Å². The predicted octanol–water partition coefficient (Wildman–Crippen LogP) is 6.95. The summed E-state index contributed by atoms with van der Waals surface area (Å²) >= 11 is 0. The lowest BCUT2D eigenvalue weighted by atomic mass is 9.79. The van der Waals surface area contributed by atoms with Crippen molar-refractivity contribution in [3.05, 3.63) is 82.7 Å². The van der Waals surface area contributed by atoms with Crippen molar-refractivity contribution in [1.29, 1.82) is 0 Å². The van der Waals surface area contributed by atoms with Gasteiger partial charge < -0.3 is 24.4 Å². The van der Waals surface area contributed by atoms with Crippen molar-refractivity contribution in [2.45, 2.75) is 65.0 Å². The Hall–Kier alpha value is -3.25. The van der Waals surface area contributed by atoms with Crippen molar-refractivity contribution in [2.24, 2.45) is 0 Å². The molecule has 1 aliphatic rings. The number of phenols is 1. The molecule has 0 heterocycles. The topological polar surface area (TPSA) is 45.2 Å². The van der Waals surface area contributed by atoms with Crippen LogP contribution in [0.3, 0.4) is 0 Å². The van der Waals surface area contributed by atoms with Crippen LogP contribution in [-0.2, 0) is 19.4 Å². The zero-order valence-electron chi connectivity index (χ0n) is 24.0. The van der Waals surface area contributed by atoms with Crippen LogP contribution in [0.4, 0.5) is 10.1 Å². The van der Waals surface area contributed by atoms with E-state index < -0.39 is 0 Å². The third-order valence-electron chi connectivity index (χ3n) is 7.71. The monoisotopic (exact) mass is 534 g/mol. The highest BCUT2D eigenvalue weighted by Crippen LogP contribution is 2.40. The molecule has 1 N–H and O–H groups in total. The molecule has 5 nitrogen and oxygen atoms in total. The van der Waals surface area contributed by atoms with Crippen LogP contribution in [0, 0.1) is 5.82 Å². The Kier molecular flexibility index (Phi) is 9.73. The highest BCUT2D eigenvalue weighted by Gasteiger charge is 2.26. The van der Waals surface area contributed by atoms with E-state index in [0.29, 0.717) is 30.6 Å². The molecule has 0 fully saturated rings. The molecule has 39 heavy (non-hydrogen) atoms. The Balaban J connectivity index is 1.55. The van der Waals surface area contributed by atoms with Crippen LogP contribution in [0.25, 0.3) is 0 Å². The van der Waals surface area contributed by atoms with E-state index in [2.05, 4.69) is 55.8 Å². The lowest BCUT2D eigenvalue weighted by Gasteiger charge is -2.35. The number of anilines is 1. The molecule has 0 bridgehead atoms. The van der Waals surface area contributed by atoms with E-state index in [1.807, 2.05) is 18.2 Å². The molecule has 1 aliphatic carbocycles. The van der Waals surface area contributed by atoms with E-state index in [9.17, 15) is 5.11 Å². The molecule has 0 spiro atoms. The number of hydrogen-bond acceptors (Lipinski definition) is 5. The van der Waals surface area contributed by atoms with E-state index in [0.717, 1.165) is 55.8 Å². The van der Waals surface area contributed by atoms with Crippen LogP contribution in [0.5, 0.6) is 17.2 Å². The molecule has 0 radical (unpaired) electrons. The minimum Gasteiger partial charge on any atom is -0.508 e. The molecule has 0 saturated carbocycles. The summed E-state index contributed by atoms with van der Waals surface area (Å²) < 4.78 is 26.4. The normalized spacial score (nSPS) is 14.9. The summed E-state index contributed by atoms with van der Waals surface area (Å²) in [5.41, 5.74) is 5.82. The molecule has 3 aromatic carbocycles. The second-order valence-electron chi connectivity index (χ2n) is 11.0. The third kappa shape index (κ3) is 7.24. The summed E-state index contributed by atoms with van der Waals surface area (Å²) in [4.78, 5) is 4.52. The molecule has 1 unspecified atom stereocenters. The molecule has 4 rings (SSSR count). The van der Waals surface area contributed by atoms with Crippen molar-refractivity contribution in [2.75, 3.05) is 38.8 Å². The second kappa shape index (κ2) is 13.2. The molecular formula is C33H43FN2O3. The van der Waals surface area contributed by atoms with Crippen LogP contribution in [0.2, 0.25) is 0 Å². The standard InChI is InChI=1S/C33H43FN2O3/c1-6-15-35(4)16-17-39-33-14-7-24(18-31(33)34)22-36(23(2)3)32-21-29(38-5)12-13-30(32)27-9-8-26-20-28(37)11-10-25(26)19-27/h7,10-14,18,20-21,23,27,37H,6,8-9,15-17,19,22H2,1-5H3. The molecular weight excluding hydrogens is 491 g/mol. The lowest BCUT2D eigenvalue weighted by Crippen LogP contribution is -2.32. The van der Waals surface area contributed by atoms with Gasteiger partial charge in [-0.1, -0.05) is 25.1 Å². The fraction of sp³-hybridized carbons (Fsp3) is 0.455. The number of benzene rings is 3. The van der Waals surface area contributed by atoms with Crippen LogP contribution in [0.15, 0.2) is 54.6 Å². The average Bonchev–Trinajstić information content (AvgIpc) is 2.92. The Morgan fingerprint density at radius 3 is 2.56 bits per heavy atom. The summed E-state index contributed by atoms with van der Waals surface area (Å²) in [6.45, 7) is 9.28. The number of rotatable bonds is 12. The van der Waals surface area contributed by atoms with Gasteiger partial charge in [-0.15, -0.1) is 0 Å². The molecule has 0 aromatic heterocycles. The van der Waals surface area contributed by atoms with Gasteiger partial charge in [-0.05, 0) is 112 Å². The van der Waals surface area contributed by atoms with Crippen LogP contribution in [-0.4, -0.2) is 49.9 Å². The number of aromatic hydroxyl groups is 1. The summed E-state index contributed by atoms with van der Waals surface area (Å²) in [5.74, 6) is 1.46. The zero-order valence-corrected chi connectivity index (χ0v) is 24.0. The Morgan fingerprint density at radius 1 is 1.03 bits per heavy atom. The van der Waals surface area contributed by atoms with Gasteiger partial charge >= 0.3 is 0 Å². The first-order valence-corrected chi connectivity index (χ1v) is 14.1. The SMILES string of the molecule is CCCN(C)CCOc1ccc(CN(c2cc(OC)ccc2C2CCc3cc(O)ccc3C2)C(C)C)cc1F. The van der Waals surface area contributed by atoms with Gasteiger partial charge in [-0.2, -0.15) is 0 Å². The summed E-state index contributed by atoms with van der Waals surface area (Å²) in [7, 11) is 3.74. The maximum Gasteiger partial charge on any atom is 0.165 e. The fourth-order valence-electron chi connectivity index (χ4n) is 5.56. The number of ether oxygens (including phenoxy) is 2. The number of nitrogens with zero attached hydrogens (tertiary/aromatic N) is 2. The summed E-state index contributed by atoms with van der Waals surface area (Å²) in [5, 5.41) is 9.91. The minimum absolute atomic E-state index is 0.191. The van der Waals surface area contributed by atoms with Crippen molar-refractivity contribution in [3.63, 3.8) is 0 Å². The Morgan fingerprint density at radius 2 is 1.85 bits per heavy atom. The first-order chi connectivity index (χ1) is 18.8. The van der Waals surface area contributed by atoms with Crippen LogP contribution in [0.1, 0.15) is 61.8 Å². The summed E-state index contributed by atoms with van der Waals surface area (Å²) in [6.07, 6.45) is 3.95. The first kappa shape index (κ1) is 28.8. The molecule has 210 valence electrons. The van der Waals surface area contributed by atoms with Gasteiger partial charge in [0.15, 0.2) is 11.6 Å². The van der Waals surface area contributed by atoms with Gasteiger partial charge in [0.25, 0.3) is 0 Å². The van der Waals surface area contributed by atoms with Gasteiger partial charge in [0.1, 0.15) is 18.1 Å². The second-order valence-corrected chi connectivity index (χ2v) is 11.0. The van der Waals surface area contributed by atoms with Gasteiger partial charge in [0.05, 0.1) is 7.11 Å². The lowest BCUT2D eigenvalue weighted by molar-refractivity contribution is 0.231. The molecule has 6 heteroatoms. The molecule has 1 atom stereocenters. The number of likely N-dealkylation sites (N-methyl/N-ethyl adjacent to an activating group) is 1. The largest absolute Gasteiger partial charge is 0.508 e. The highest BCUT2D eigenvalue weighted by atomic mass is 19.1. The molecule has 3 aromatic rings. The predicted molar refractivity (Wildman–Crippen MR) is 157 cm³/mol. The van der Waals surface area contributed by atoms with Crippen molar-refractivity contribution >= 4 is 5.69 Å². The van der Waals surface area contributed by atoms with Crippen molar-refractivity contribution in [1.82, 2.24) is 4.90 Å². The van der Waals surface area contributed by atoms with Crippen LogP contribution >= 0.6 is 0 Å².